The number of anilines is 1. The van der Waals surface area contributed by atoms with E-state index in [0.29, 0.717) is 5.69 Å². The van der Waals surface area contributed by atoms with Gasteiger partial charge in [0.1, 0.15) is 0 Å². The van der Waals surface area contributed by atoms with Gasteiger partial charge in [0.05, 0.1) is 5.56 Å². The molecule has 1 rings (SSSR count). The average Bonchev–Trinajstić information content (AvgIpc) is 1.88. The maximum atomic E-state index is 10.3. The van der Waals surface area contributed by atoms with Crippen LogP contribution in [0.3, 0.4) is 0 Å². The van der Waals surface area contributed by atoms with E-state index in [0.717, 1.165) is 0 Å². The van der Waals surface area contributed by atoms with Crippen molar-refractivity contribution < 1.29 is 48.5 Å². The topological polar surface area (TPSA) is 63.3 Å². The van der Waals surface area contributed by atoms with Crippen LogP contribution in [0.1, 0.15) is 10.4 Å². The monoisotopic (exact) mass is 296 g/mol. The van der Waals surface area contributed by atoms with Gasteiger partial charge in [-0.3, -0.25) is 0 Å². The molecule has 0 saturated heterocycles. The molecule has 61 valence electrons. The van der Waals surface area contributed by atoms with Gasteiger partial charge in [0.2, 0.25) is 0 Å². The first-order valence-corrected chi connectivity index (χ1v) is 2.79. The molecule has 0 aliphatic rings. The zero-order valence-electron chi connectivity index (χ0n) is 5.58. The molecular formula is C7H7NO2Tb. The van der Waals surface area contributed by atoms with Crippen LogP contribution in [0.5, 0.6) is 0 Å². The van der Waals surface area contributed by atoms with Crippen LogP contribution in [0.4, 0.5) is 5.69 Å². The van der Waals surface area contributed by atoms with Crippen molar-refractivity contribution in [3.05, 3.63) is 29.8 Å². The minimum Gasteiger partial charge on any atom is -0.478 e. The number of carboxylic acids is 1. The van der Waals surface area contributed by atoms with E-state index in [4.69, 9.17) is 10.8 Å². The summed E-state index contributed by atoms with van der Waals surface area (Å²) >= 11 is 0. The minimum atomic E-state index is -0.931. The van der Waals surface area contributed by atoms with E-state index in [1.807, 2.05) is 0 Å². The number of benzene rings is 1. The predicted molar refractivity (Wildman–Crippen MR) is 37.8 cm³/mol. The molecule has 0 atom stereocenters. The third kappa shape index (κ3) is 3.11. The van der Waals surface area contributed by atoms with Crippen molar-refractivity contribution in [2.45, 2.75) is 0 Å². The molecule has 0 aromatic heterocycles. The Balaban J connectivity index is 0.000001000. The third-order valence-electron chi connectivity index (χ3n) is 1.16. The molecule has 0 saturated carbocycles. The Labute approximate surface area is 95.0 Å². The molecule has 0 aliphatic carbocycles. The first kappa shape index (κ1) is 10.8. The molecule has 0 unspecified atom stereocenters. The molecule has 1 aromatic rings. The Hall–Kier alpha value is -0.224. The Morgan fingerprint density at radius 2 is 1.73 bits per heavy atom. The first-order chi connectivity index (χ1) is 4.70. The number of hydrogen-bond donors (Lipinski definition) is 2. The van der Waals surface area contributed by atoms with Crippen molar-refractivity contribution >= 4 is 11.7 Å². The maximum absolute atomic E-state index is 10.3. The van der Waals surface area contributed by atoms with Crippen LogP contribution in [-0.4, -0.2) is 11.1 Å². The second kappa shape index (κ2) is 4.61. The quantitative estimate of drug-likeness (QED) is 0.759. The minimum absolute atomic E-state index is 0. The Morgan fingerprint density at radius 1 is 1.27 bits per heavy atom. The summed E-state index contributed by atoms with van der Waals surface area (Å²) < 4.78 is 0. The van der Waals surface area contributed by atoms with Crippen molar-refractivity contribution in [3.8, 4) is 0 Å². The Morgan fingerprint density at radius 3 is 2.09 bits per heavy atom. The van der Waals surface area contributed by atoms with Gasteiger partial charge in [-0.2, -0.15) is 0 Å². The summed E-state index contributed by atoms with van der Waals surface area (Å²) in [6.45, 7) is 0. The molecular weight excluding hydrogens is 289 g/mol. The van der Waals surface area contributed by atoms with Crippen molar-refractivity contribution in [2.75, 3.05) is 5.73 Å². The fourth-order valence-electron chi connectivity index (χ4n) is 0.626. The van der Waals surface area contributed by atoms with Gasteiger partial charge in [0.15, 0.2) is 0 Å². The molecule has 0 heterocycles. The van der Waals surface area contributed by atoms with Gasteiger partial charge < -0.3 is 10.8 Å². The summed E-state index contributed by atoms with van der Waals surface area (Å²) in [4.78, 5) is 10.3. The maximum Gasteiger partial charge on any atom is 0.335 e. The van der Waals surface area contributed by atoms with E-state index in [9.17, 15) is 4.79 Å². The summed E-state index contributed by atoms with van der Waals surface area (Å²) in [5, 5.41) is 8.43. The summed E-state index contributed by atoms with van der Waals surface area (Å²) in [5.41, 5.74) is 6.17. The molecule has 1 aromatic carbocycles. The standard InChI is InChI=1S/C7H7NO2.Tb/c8-6-3-1-5(2-4-6)7(9)10;/h1-4H,8H2,(H,9,10);. The van der Waals surface area contributed by atoms with Crippen LogP contribution < -0.4 is 5.73 Å². The molecule has 0 amide bonds. The van der Waals surface area contributed by atoms with Gasteiger partial charge >= 0.3 is 5.97 Å². The van der Waals surface area contributed by atoms with E-state index >= 15 is 0 Å². The summed E-state index contributed by atoms with van der Waals surface area (Å²) in [6.07, 6.45) is 0. The van der Waals surface area contributed by atoms with E-state index in [1.54, 1.807) is 12.1 Å². The number of carboxylic acid groups (broad SMARTS) is 1. The van der Waals surface area contributed by atoms with E-state index < -0.39 is 5.97 Å². The largest absolute Gasteiger partial charge is 0.478 e. The van der Waals surface area contributed by atoms with Crippen LogP contribution >= 0.6 is 0 Å². The number of rotatable bonds is 1. The molecule has 1 radical (unpaired) electrons. The summed E-state index contributed by atoms with van der Waals surface area (Å²) in [5.74, 6) is -0.931. The van der Waals surface area contributed by atoms with Crippen LogP contribution in [0.2, 0.25) is 0 Å². The van der Waals surface area contributed by atoms with Crippen molar-refractivity contribution in [2.24, 2.45) is 0 Å². The van der Waals surface area contributed by atoms with Crippen LogP contribution in [0.15, 0.2) is 24.3 Å². The predicted octanol–water partition coefficient (Wildman–Crippen LogP) is 0.967. The van der Waals surface area contributed by atoms with Gasteiger partial charge in [-0.15, -0.1) is 0 Å². The molecule has 4 heteroatoms. The molecule has 0 aliphatic heterocycles. The second-order valence-corrected chi connectivity index (χ2v) is 1.93. The smallest absolute Gasteiger partial charge is 0.335 e. The van der Waals surface area contributed by atoms with Crippen LogP contribution in [0, 0.1) is 38.6 Å². The number of aromatic carboxylic acids is 1. The van der Waals surface area contributed by atoms with Gasteiger partial charge in [0.25, 0.3) is 0 Å². The number of carbonyl (C=O) groups is 1. The van der Waals surface area contributed by atoms with Crippen LogP contribution in [-0.2, 0) is 0 Å². The summed E-state index contributed by atoms with van der Waals surface area (Å²) in [6, 6.07) is 6.06. The van der Waals surface area contributed by atoms with E-state index in [2.05, 4.69) is 0 Å². The number of nitrogens with two attached hydrogens (primary N) is 1. The van der Waals surface area contributed by atoms with Gasteiger partial charge in [-0.25, -0.2) is 4.79 Å². The molecule has 0 spiro atoms. The van der Waals surface area contributed by atoms with Gasteiger partial charge in [0, 0.05) is 44.3 Å². The normalized spacial score (nSPS) is 8.36. The van der Waals surface area contributed by atoms with Crippen molar-refractivity contribution in [1.29, 1.82) is 0 Å². The molecule has 0 fully saturated rings. The number of nitrogen functional groups attached to an aromatic ring is 1. The SMILES string of the molecule is Nc1ccc(C(=O)O)cc1.[Tb]. The Kier molecular flexibility index (Phi) is 4.52. The van der Waals surface area contributed by atoms with Crippen LogP contribution in [0.25, 0.3) is 0 Å². The molecule has 11 heavy (non-hydrogen) atoms. The first-order valence-electron chi connectivity index (χ1n) is 2.79. The zero-order chi connectivity index (χ0) is 7.56. The summed E-state index contributed by atoms with van der Waals surface area (Å²) in [7, 11) is 0. The van der Waals surface area contributed by atoms with E-state index in [1.165, 1.54) is 12.1 Å². The number of hydrogen-bond acceptors (Lipinski definition) is 2. The zero-order valence-corrected chi connectivity index (χ0v) is 7.71. The van der Waals surface area contributed by atoms with Gasteiger partial charge in [-0.05, 0) is 24.3 Å². The fraction of sp³-hybridized carbons (Fsp3) is 0. The fourth-order valence-corrected chi connectivity index (χ4v) is 0.626. The van der Waals surface area contributed by atoms with Crippen molar-refractivity contribution in [1.82, 2.24) is 0 Å². The van der Waals surface area contributed by atoms with Crippen molar-refractivity contribution in [3.63, 3.8) is 0 Å². The second-order valence-electron chi connectivity index (χ2n) is 1.93. The third-order valence-corrected chi connectivity index (χ3v) is 1.16. The molecule has 0 bridgehead atoms. The average molecular weight is 296 g/mol. The molecule has 3 N–H and O–H groups in total. The molecule has 3 nitrogen and oxygen atoms in total. The van der Waals surface area contributed by atoms with E-state index in [-0.39, 0.29) is 44.2 Å². The Bertz CT molecular complexity index is 245. The van der Waals surface area contributed by atoms with Gasteiger partial charge in [-0.1, -0.05) is 0 Å².